The van der Waals surface area contributed by atoms with Crippen molar-refractivity contribution in [3.05, 3.63) is 89.6 Å². The van der Waals surface area contributed by atoms with Gasteiger partial charge in [0.2, 0.25) is 0 Å². The van der Waals surface area contributed by atoms with E-state index in [4.69, 9.17) is 9.15 Å². The number of benzene rings is 2. The number of anilines is 1. The first-order valence-corrected chi connectivity index (χ1v) is 9.10. The van der Waals surface area contributed by atoms with Gasteiger partial charge in [-0.3, -0.25) is 9.59 Å². The van der Waals surface area contributed by atoms with E-state index < -0.39 is 30.4 Å². The normalized spacial score (nSPS) is 11.4. The molecule has 3 aromatic rings. The van der Waals surface area contributed by atoms with Gasteiger partial charge in [-0.2, -0.15) is 0 Å². The zero-order chi connectivity index (χ0) is 21.5. The number of hydrogen-bond donors (Lipinski definition) is 2. The van der Waals surface area contributed by atoms with Crippen LogP contribution in [0.1, 0.15) is 39.4 Å². The molecule has 2 aromatic carbocycles. The zero-order valence-electron chi connectivity index (χ0n) is 16.1. The summed E-state index contributed by atoms with van der Waals surface area (Å²) in [5.41, 5.74) is 1.03. The van der Waals surface area contributed by atoms with Gasteiger partial charge >= 0.3 is 5.97 Å². The molecule has 0 aliphatic carbocycles. The molecule has 0 radical (unpaired) electrons. The minimum atomic E-state index is -0.769. The summed E-state index contributed by atoms with van der Waals surface area (Å²) < 4.78 is 23.1. The first-order valence-electron chi connectivity index (χ1n) is 9.10. The second-order valence-electron chi connectivity index (χ2n) is 6.39. The maximum absolute atomic E-state index is 13.0. The molecule has 0 saturated carbocycles. The summed E-state index contributed by atoms with van der Waals surface area (Å²) in [5.74, 6) is -2.09. The van der Waals surface area contributed by atoms with Crippen molar-refractivity contribution in [2.24, 2.45) is 0 Å². The number of rotatable bonds is 7. The number of amides is 2. The summed E-state index contributed by atoms with van der Waals surface area (Å²) >= 11 is 0. The fourth-order valence-corrected chi connectivity index (χ4v) is 2.69. The van der Waals surface area contributed by atoms with E-state index in [1.165, 1.54) is 36.6 Å². The van der Waals surface area contributed by atoms with E-state index in [0.29, 0.717) is 5.56 Å². The van der Waals surface area contributed by atoms with Crippen LogP contribution in [0.3, 0.4) is 0 Å². The van der Waals surface area contributed by atoms with Crippen LogP contribution >= 0.6 is 0 Å². The molecule has 1 aromatic heterocycles. The highest BCUT2D eigenvalue weighted by molar-refractivity contribution is 6.06. The molecule has 0 aliphatic heterocycles. The third-order valence-electron chi connectivity index (χ3n) is 4.22. The number of carbonyl (C=O) groups is 3. The van der Waals surface area contributed by atoms with Crippen molar-refractivity contribution in [2.75, 3.05) is 11.9 Å². The lowest BCUT2D eigenvalue weighted by molar-refractivity contribution is -0.124. The molecule has 0 spiro atoms. The van der Waals surface area contributed by atoms with Gasteiger partial charge in [0.1, 0.15) is 5.82 Å². The molecule has 0 bridgehead atoms. The van der Waals surface area contributed by atoms with Gasteiger partial charge in [0, 0.05) is 0 Å². The van der Waals surface area contributed by atoms with Crippen molar-refractivity contribution < 1.29 is 27.9 Å². The van der Waals surface area contributed by atoms with Crippen molar-refractivity contribution in [3.8, 4) is 0 Å². The van der Waals surface area contributed by atoms with Crippen LogP contribution in [0.25, 0.3) is 0 Å². The Balaban J connectivity index is 1.57. The number of para-hydroxylation sites is 1. The smallest absolute Gasteiger partial charge is 0.340 e. The largest absolute Gasteiger partial charge is 0.459 e. The maximum Gasteiger partial charge on any atom is 0.340 e. The number of furan rings is 1. The minimum Gasteiger partial charge on any atom is -0.459 e. The highest BCUT2D eigenvalue weighted by Crippen LogP contribution is 2.18. The van der Waals surface area contributed by atoms with Crippen LogP contribution in [-0.4, -0.2) is 24.4 Å². The van der Waals surface area contributed by atoms with Crippen molar-refractivity contribution >= 4 is 23.5 Å². The molecule has 8 heteroatoms. The van der Waals surface area contributed by atoms with E-state index in [-0.39, 0.29) is 22.8 Å². The Bertz CT molecular complexity index is 1030. The van der Waals surface area contributed by atoms with E-state index in [2.05, 4.69) is 10.6 Å². The minimum absolute atomic E-state index is 0.0901. The van der Waals surface area contributed by atoms with Crippen molar-refractivity contribution in [3.63, 3.8) is 0 Å². The Kier molecular flexibility index (Phi) is 6.59. The Morgan fingerprint density at radius 2 is 1.77 bits per heavy atom. The monoisotopic (exact) mass is 410 g/mol. The molecule has 30 heavy (non-hydrogen) atoms. The van der Waals surface area contributed by atoms with Gasteiger partial charge in [0.05, 0.1) is 23.6 Å². The Hall–Kier alpha value is -3.94. The molecule has 2 amide bonds. The van der Waals surface area contributed by atoms with Crippen LogP contribution in [0.15, 0.2) is 71.3 Å². The predicted molar refractivity (Wildman–Crippen MR) is 106 cm³/mol. The van der Waals surface area contributed by atoms with Gasteiger partial charge in [0.25, 0.3) is 11.8 Å². The molecule has 154 valence electrons. The van der Waals surface area contributed by atoms with Crippen LogP contribution in [0.4, 0.5) is 10.1 Å². The standard InChI is InChI=1S/C22H19FN2O5/c1-14(15-8-10-16(23)11-9-15)24-20(26)13-30-22(28)17-5-2-3-6-18(17)25-21(27)19-7-4-12-29-19/h2-12,14H,13H2,1H3,(H,24,26)(H,25,27)/t14-/m1/s1. The first-order chi connectivity index (χ1) is 14.4. The molecular weight excluding hydrogens is 391 g/mol. The van der Waals surface area contributed by atoms with Gasteiger partial charge in [-0.15, -0.1) is 0 Å². The van der Waals surface area contributed by atoms with E-state index in [1.807, 2.05) is 0 Å². The van der Waals surface area contributed by atoms with Crippen molar-refractivity contribution in [2.45, 2.75) is 13.0 Å². The van der Waals surface area contributed by atoms with Gasteiger partial charge in [-0.05, 0) is 48.9 Å². The second-order valence-corrected chi connectivity index (χ2v) is 6.39. The summed E-state index contributed by atoms with van der Waals surface area (Å²) in [6.45, 7) is 1.22. The van der Waals surface area contributed by atoms with Gasteiger partial charge in [-0.25, -0.2) is 9.18 Å². The molecule has 3 rings (SSSR count). The molecule has 0 unspecified atom stereocenters. The second kappa shape index (κ2) is 9.51. The van der Waals surface area contributed by atoms with E-state index in [1.54, 1.807) is 37.3 Å². The lowest BCUT2D eigenvalue weighted by Gasteiger charge is -2.15. The lowest BCUT2D eigenvalue weighted by atomic mass is 10.1. The molecule has 2 N–H and O–H groups in total. The first kappa shape index (κ1) is 20.8. The van der Waals surface area contributed by atoms with Gasteiger partial charge in [-0.1, -0.05) is 24.3 Å². The molecule has 0 aliphatic rings. The Morgan fingerprint density at radius 1 is 1.03 bits per heavy atom. The van der Waals surface area contributed by atoms with E-state index in [9.17, 15) is 18.8 Å². The number of nitrogens with one attached hydrogen (secondary N) is 2. The number of carbonyl (C=O) groups excluding carboxylic acids is 3. The van der Waals surface area contributed by atoms with Crippen molar-refractivity contribution in [1.29, 1.82) is 0 Å². The third kappa shape index (κ3) is 5.32. The fraction of sp³-hybridized carbons (Fsp3) is 0.136. The average Bonchev–Trinajstić information content (AvgIpc) is 3.28. The van der Waals surface area contributed by atoms with E-state index in [0.717, 1.165) is 0 Å². The number of ether oxygens (including phenoxy) is 1. The molecule has 1 atom stereocenters. The fourth-order valence-electron chi connectivity index (χ4n) is 2.69. The predicted octanol–water partition coefficient (Wildman–Crippen LogP) is 3.71. The number of esters is 1. The molecule has 7 nitrogen and oxygen atoms in total. The lowest BCUT2D eigenvalue weighted by Crippen LogP contribution is -2.31. The topological polar surface area (TPSA) is 97.6 Å². The summed E-state index contributed by atoms with van der Waals surface area (Å²) in [6.07, 6.45) is 1.36. The van der Waals surface area contributed by atoms with Crippen LogP contribution in [0, 0.1) is 5.82 Å². The number of hydrogen-bond acceptors (Lipinski definition) is 5. The molecule has 0 fully saturated rings. The van der Waals surface area contributed by atoms with Gasteiger partial charge in [0.15, 0.2) is 12.4 Å². The molecule has 1 heterocycles. The third-order valence-corrected chi connectivity index (χ3v) is 4.22. The molecule has 0 saturated heterocycles. The summed E-state index contributed by atoms with van der Waals surface area (Å²) in [6, 6.07) is 14.6. The van der Waals surface area contributed by atoms with Crippen LogP contribution in [-0.2, 0) is 9.53 Å². The van der Waals surface area contributed by atoms with Crippen molar-refractivity contribution in [1.82, 2.24) is 5.32 Å². The number of halogens is 1. The summed E-state index contributed by atoms with van der Waals surface area (Å²) in [7, 11) is 0. The molecular formula is C22H19FN2O5. The quantitative estimate of drug-likeness (QED) is 0.579. The zero-order valence-corrected chi connectivity index (χ0v) is 16.1. The Labute approximate surface area is 171 Å². The SMILES string of the molecule is C[C@@H](NC(=O)COC(=O)c1ccccc1NC(=O)c1ccco1)c1ccc(F)cc1. The maximum atomic E-state index is 13.0. The highest BCUT2D eigenvalue weighted by atomic mass is 19.1. The van der Waals surface area contributed by atoms with Crippen LogP contribution < -0.4 is 10.6 Å². The Morgan fingerprint density at radius 3 is 2.47 bits per heavy atom. The van der Waals surface area contributed by atoms with Crippen LogP contribution in [0.2, 0.25) is 0 Å². The average molecular weight is 410 g/mol. The summed E-state index contributed by atoms with van der Waals surface area (Å²) in [4.78, 5) is 36.7. The summed E-state index contributed by atoms with van der Waals surface area (Å²) in [5, 5.41) is 5.24. The van der Waals surface area contributed by atoms with E-state index >= 15 is 0 Å². The highest BCUT2D eigenvalue weighted by Gasteiger charge is 2.18. The van der Waals surface area contributed by atoms with Gasteiger partial charge < -0.3 is 19.8 Å². The van der Waals surface area contributed by atoms with Crippen LogP contribution in [0.5, 0.6) is 0 Å².